The summed E-state index contributed by atoms with van der Waals surface area (Å²) in [6.45, 7) is 9.72. The third-order valence-electron chi connectivity index (χ3n) is 7.63. The normalized spacial score (nSPS) is 13.0. The van der Waals surface area contributed by atoms with Crippen molar-refractivity contribution in [3.63, 3.8) is 0 Å². The molecular weight excluding hydrogens is 416 g/mol. The molecule has 33 heavy (non-hydrogen) atoms. The number of benzene rings is 4. The van der Waals surface area contributed by atoms with E-state index in [0.717, 1.165) is 0 Å². The molecule has 0 fully saturated rings. The molecule has 160 valence electrons. The molecule has 3 heterocycles. The first-order valence-corrected chi connectivity index (χ1v) is 15.3. The Labute approximate surface area is 194 Å². The maximum atomic E-state index is 2.61. The Hall–Kier alpha value is -3.43. The highest BCUT2D eigenvalue weighted by Gasteiger charge is 2.29. The van der Waals surface area contributed by atoms with Gasteiger partial charge in [0.05, 0.1) is 35.4 Å². The van der Waals surface area contributed by atoms with Crippen molar-refractivity contribution >= 4 is 73.0 Å². The van der Waals surface area contributed by atoms with Crippen LogP contribution in [-0.2, 0) is 7.05 Å². The fraction of sp³-hybridized carbons (Fsp3) is 0.167. The Balaban J connectivity index is 2.02. The molecule has 0 amide bonds. The van der Waals surface area contributed by atoms with Gasteiger partial charge in [0.25, 0.3) is 0 Å². The van der Waals surface area contributed by atoms with Gasteiger partial charge in [-0.2, -0.15) is 0 Å². The first-order chi connectivity index (χ1) is 15.9. The molecule has 0 saturated carbocycles. The third-order valence-corrected chi connectivity index (χ3v) is 9.65. The second kappa shape index (κ2) is 6.12. The Bertz CT molecular complexity index is 1920. The largest absolute Gasteiger partial charge is 0.308 e. The number of aromatic nitrogens is 2. The van der Waals surface area contributed by atoms with E-state index in [9.17, 15) is 0 Å². The van der Waals surface area contributed by atoms with Gasteiger partial charge in [-0.05, 0) is 39.9 Å². The number of fused-ring (bicyclic) bond motifs is 7. The summed E-state index contributed by atoms with van der Waals surface area (Å²) in [5.74, 6) is 0. The molecule has 0 bridgehead atoms. The van der Waals surface area contributed by atoms with Crippen molar-refractivity contribution in [3.05, 3.63) is 78.5 Å². The molecule has 0 saturated heterocycles. The summed E-state index contributed by atoms with van der Waals surface area (Å²) < 4.78 is 4.96. The average molecular weight is 444 g/mol. The van der Waals surface area contributed by atoms with Crippen LogP contribution in [0.4, 0.5) is 0 Å². The summed E-state index contributed by atoms with van der Waals surface area (Å²) in [7, 11) is 0.589. The lowest BCUT2D eigenvalue weighted by molar-refractivity contribution is -0.643. The molecule has 0 aliphatic heterocycles. The fourth-order valence-corrected chi connectivity index (χ4v) is 7.72. The molecule has 3 heteroatoms. The number of hydrogen-bond donors (Lipinski definition) is 0. The molecule has 0 N–H and O–H groups in total. The molecule has 3 aromatic heterocycles. The number of pyridine rings is 2. The lowest BCUT2D eigenvalue weighted by Crippen LogP contribution is -2.39. The lowest BCUT2D eigenvalue weighted by atomic mass is 9.94. The van der Waals surface area contributed by atoms with Crippen molar-refractivity contribution < 1.29 is 4.57 Å². The van der Waals surface area contributed by atoms with E-state index in [0.29, 0.717) is 0 Å². The first kappa shape index (κ1) is 19.1. The minimum atomic E-state index is -1.62. The number of hydrogen-bond acceptors (Lipinski definition) is 0. The van der Waals surface area contributed by atoms with Crippen molar-refractivity contribution in [2.24, 2.45) is 7.05 Å². The fourth-order valence-electron chi connectivity index (χ4n) is 6.19. The van der Waals surface area contributed by atoms with Gasteiger partial charge in [0.1, 0.15) is 7.05 Å². The standard InChI is InChI=1S/C30H27N2Si/c1-18-20-10-6-7-11-21(20)27-22-12-8-9-13-23(22)32-28-24(33(3,4)5)15-14-19-16-17-31(2)29(26(19)28)25(18)30(27)32/h6-17H,1-5H3/q+1. The van der Waals surface area contributed by atoms with E-state index in [4.69, 9.17) is 0 Å². The predicted molar refractivity (Wildman–Crippen MR) is 145 cm³/mol. The van der Waals surface area contributed by atoms with Crippen molar-refractivity contribution in [2.45, 2.75) is 26.6 Å². The highest BCUT2D eigenvalue weighted by atomic mass is 28.3. The number of para-hydroxylation sites is 1. The van der Waals surface area contributed by atoms with Crippen LogP contribution < -0.4 is 9.75 Å². The number of nitrogens with zero attached hydrogens (tertiary/aromatic N) is 2. The molecular formula is C30H27N2Si+. The van der Waals surface area contributed by atoms with Crippen LogP contribution in [0.1, 0.15) is 5.56 Å². The van der Waals surface area contributed by atoms with E-state index in [1.165, 1.54) is 70.5 Å². The van der Waals surface area contributed by atoms with E-state index < -0.39 is 8.07 Å². The van der Waals surface area contributed by atoms with Gasteiger partial charge in [-0.1, -0.05) is 74.2 Å². The molecule has 7 aromatic rings. The van der Waals surface area contributed by atoms with Crippen LogP contribution in [0.2, 0.25) is 19.6 Å². The summed E-state index contributed by atoms with van der Waals surface area (Å²) >= 11 is 0. The van der Waals surface area contributed by atoms with Crippen molar-refractivity contribution in [2.75, 3.05) is 0 Å². The van der Waals surface area contributed by atoms with Gasteiger partial charge in [0.15, 0.2) is 6.20 Å². The van der Waals surface area contributed by atoms with Crippen LogP contribution in [0.5, 0.6) is 0 Å². The molecule has 2 nitrogen and oxygen atoms in total. The van der Waals surface area contributed by atoms with Gasteiger partial charge in [0, 0.05) is 16.8 Å². The predicted octanol–water partition coefficient (Wildman–Crippen LogP) is 6.82. The molecule has 0 unspecified atom stereocenters. The minimum Gasteiger partial charge on any atom is -0.308 e. The number of aryl methyl sites for hydroxylation is 2. The second-order valence-corrected chi connectivity index (χ2v) is 15.6. The Morgan fingerprint density at radius 2 is 1.39 bits per heavy atom. The lowest BCUT2D eigenvalue weighted by Gasteiger charge is -2.22. The van der Waals surface area contributed by atoms with Gasteiger partial charge >= 0.3 is 0 Å². The highest BCUT2D eigenvalue weighted by molar-refractivity contribution is 6.90. The SMILES string of the molecule is Cc1c2ccccc2c2c3ccccc3n3c4c([Si](C)(C)C)ccc5cc[n+](C)c(c1c23)c54. The molecule has 7 rings (SSSR count). The summed E-state index contributed by atoms with van der Waals surface area (Å²) in [5, 5.41) is 11.1. The number of rotatable bonds is 1. The smallest absolute Gasteiger partial charge is 0.224 e. The summed E-state index contributed by atoms with van der Waals surface area (Å²) in [5.41, 5.74) is 6.81. The van der Waals surface area contributed by atoms with Crippen LogP contribution in [-0.4, -0.2) is 12.5 Å². The molecule has 0 aliphatic carbocycles. The Kier molecular flexibility index (Phi) is 3.54. The maximum absolute atomic E-state index is 2.61. The van der Waals surface area contributed by atoms with Crippen LogP contribution in [0, 0.1) is 6.92 Å². The molecule has 4 aromatic carbocycles. The van der Waals surface area contributed by atoms with Crippen molar-refractivity contribution in [3.8, 4) is 0 Å². The third kappa shape index (κ3) is 2.25. The summed E-state index contributed by atoms with van der Waals surface area (Å²) in [6.07, 6.45) is 2.23. The molecule has 0 aliphatic rings. The second-order valence-electron chi connectivity index (χ2n) is 10.6. The monoisotopic (exact) mass is 443 g/mol. The zero-order chi connectivity index (χ0) is 22.6. The quantitative estimate of drug-likeness (QED) is 0.114. The van der Waals surface area contributed by atoms with Crippen LogP contribution in [0.15, 0.2) is 72.9 Å². The zero-order valence-corrected chi connectivity index (χ0v) is 20.8. The van der Waals surface area contributed by atoms with E-state index in [-0.39, 0.29) is 0 Å². The van der Waals surface area contributed by atoms with E-state index >= 15 is 0 Å². The summed E-state index contributed by atoms with van der Waals surface area (Å²) in [6, 6.07) is 25.0. The van der Waals surface area contributed by atoms with Crippen molar-refractivity contribution in [1.82, 2.24) is 4.40 Å². The minimum absolute atomic E-state index is 1.31. The summed E-state index contributed by atoms with van der Waals surface area (Å²) in [4.78, 5) is 0. The van der Waals surface area contributed by atoms with E-state index in [1.807, 2.05) is 0 Å². The molecule has 0 spiro atoms. The van der Waals surface area contributed by atoms with E-state index in [2.05, 4.69) is 116 Å². The highest BCUT2D eigenvalue weighted by Crippen LogP contribution is 2.44. The molecule has 0 atom stereocenters. The molecule has 0 radical (unpaired) electrons. The average Bonchev–Trinajstić information content (AvgIpc) is 3.15. The van der Waals surface area contributed by atoms with Gasteiger partial charge in [-0.3, -0.25) is 0 Å². The van der Waals surface area contributed by atoms with E-state index in [1.54, 1.807) is 0 Å². The van der Waals surface area contributed by atoms with Crippen LogP contribution in [0.3, 0.4) is 0 Å². The van der Waals surface area contributed by atoms with Gasteiger partial charge in [-0.15, -0.1) is 0 Å². The zero-order valence-electron chi connectivity index (χ0n) is 19.8. The first-order valence-electron chi connectivity index (χ1n) is 11.8. The van der Waals surface area contributed by atoms with Gasteiger partial charge < -0.3 is 4.40 Å². The Morgan fingerprint density at radius 3 is 2.15 bits per heavy atom. The maximum Gasteiger partial charge on any atom is 0.224 e. The Morgan fingerprint density at radius 1 is 0.697 bits per heavy atom. The van der Waals surface area contributed by atoms with Crippen LogP contribution >= 0.6 is 0 Å². The van der Waals surface area contributed by atoms with Crippen LogP contribution in [0.25, 0.3) is 59.8 Å². The van der Waals surface area contributed by atoms with Crippen molar-refractivity contribution in [1.29, 1.82) is 0 Å². The van der Waals surface area contributed by atoms with Gasteiger partial charge in [-0.25, -0.2) is 4.57 Å². The van der Waals surface area contributed by atoms with Gasteiger partial charge in [0.2, 0.25) is 5.52 Å². The topological polar surface area (TPSA) is 8.29 Å².